The number of hydrogen-bond donors (Lipinski definition) is 2. The first-order chi connectivity index (χ1) is 8.49. The van der Waals surface area contributed by atoms with Crippen LogP contribution in [0.4, 0.5) is 8.78 Å². The molecule has 0 heterocycles. The topological polar surface area (TPSA) is 49.3 Å². The van der Waals surface area contributed by atoms with Crippen molar-refractivity contribution >= 4 is 17.9 Å². The number of carbonyl (C=O) groups is 1. The molecule has 0 radical (unpaired) electrons. The average molecular weight is 275 g/mol. The maximum Gasteiger partial charge on any atom is 0.338 e. The molecule has 0 fully saturated rings. The molecule has 2 N–H and O–H groups in total. The van der Waals surface area contributed by atoms with Gasteiger partial charge in [-0.1, -0.05) is 13.8 Å². The van der Waals surface area contributed by atoms with Gasteiger partial charge in [0.1, 0.15) is 11.6 Å². The lowest BCUT2D eigenvalue weighted by Gasteiger charge is -2.14. The second-order valence-corrected chi connectivity index (χ2v) is 4.68. The van der Waals surface area contributed by atoms with Gasteiger partial charge in [-0.05, 0) is 30.9 Å². The van der Waals surface area contributed by atoms with E-state index in [0.717, 1.165) is 30.9 Å². The summed E-state index contributed by atoms with van der Waals surface area (Å²) in [6, 6.07) is 1.81. The number of halogens is 2. The third-order valence-corrected chi connectivity index (χ3v) is 3.56. The van der Waals surface area contributed by atoms with Gasteiger partial charge in [-0.3, -0.25) is 4.72 Å². The Morgan fingerprint density at radius 1 is 1.33 bits per heavy atom. The van der Waals surface area contributed by atoms with Crippen LogP contribution in [0.1, 0.15) is 37.0 Å². The van der Waals surface area contributed by atoms with Gasteiger partial charge in [0.25, 0.3) is 0 Å². The van der Waals surface area contributed by atoms with Crippen molar-refractivity contribution in [3.8, 4) is 0 Å². The first kappa shape index (κ1) is 14.9. The summed E-state index contributed by atoms with van der Waals surface area (Å²) in [6.45, 7) is 3.98. The van der Waals surface area contributed by atoms with Crippen LogP contribution >= 0.6 is 11.9 Å². The van der Waals surface area contributed by atoms with Crippen molar-refractivity contribution < 1.29 is 18.7 Å². The lowest BCUT2D eigenvalue weighted by atomic mass is 10.2. The van der Waals surface area contributed by atoms with E-state index in [4.69, 9.17) is 5.11 Å². The zero-order valence-corrected chi connectivity index (χ0v) is 11.0. The second-order valence-electron chi connectivity index (χ2n) is 3.80. The van der Waals surface area contributed by atoms with E-state index in [0.29, 0.717) is 6.07 Å². The van der Waals surface area contributed by atoms with E-state index < -0.39 is 23.2 Å². The first-order valence-corrected chi connectivity index (χ1v) is 6.45. The molecule has 0 aliphatic rings. The number of hydrogen-bond acceptors (Lipinski definition) is 3. The molecule has 0 amide bonds. The Kier molecular flexibility index (Phi) is 5.55. The molecule has 0 atom stereocenters. The predicted molar refractivity (Wildman–Crippen MR) is 66.7 cm³/mol. The molecule has 1 aromatic carbocycles. The van der Waals surface area contributed by atoms with E-state index in [2.05, 4.69) is 4.72 Å². The van der Waals surface area contributed by atoms with Gasteiger partial charge in [-0.2, -0.15) is 0 Å². The minimum Gasteiger partial charge on any atom is -0.478 e. The minimum atomic E-state index is -1.41. The van der Waals surface area contributed by atoms with Crippen LogP contribution in [-0.4, -0.2) is 17.1 Å². The third-order valence-electron chi connectivity index (χ3n) is 2.57. The summed E-state index contributed by atoms with van der Waals surface area (Å²) in [5.41, 5.74) is -0.523. The van der Waals surface area contributed by atoms with Crippen molar-refractivity contribution in [3.63, 3.8) is 0 Å². The Labute approximate surface area is 109 Å². The maximum atomic E-state index is 13.5. The van der Waals surface area contributed by atoms with Crippen molar-refractivity contribution in [2.45, 2.75) is 37.6 Å². The zero-order chi connectivity index (χ0) is 13.7. The number of rotatable bonds is 6. The van der Waals surface area contributed by atoms with Crippen LogP contribution in [0.2, 0.25) is 0 Å². The fourth-order valence-corrected chi connectivity index (χ4v) is 2.33. The second kappa shape index (κ2) is 6.70. The average Bonchev–Trinajstić information content (AvgIpc) is 2.32. The van der Waals surface area contributed by atoms with Crippen LogP contribution in [-0.2, 0) is 0 Å². The highest BCUT2D eigenvalue weighted by molar-refractivity contribution is 7.97. The van der Waals surface area contributed by atoms with E-state index >= 15 is 0 Å². The van der Waals surface area contributed by atoms with Gasteiger partial charge >= 0.3 is 5.97 Å². The quantitative estimate of drug-likeness (QED) is 0.781. The lowest BCUT2D eigenvalue weighted by molar-refractivity contribution is 0.0691. The summed E-state index contributed by atoms with van der Waals surface area (Å²) < 4.78 is 29.6. The number of carboxylic acid groups (broad SMARTS) is 1. The standard InChI is InChI=1S/C12H15F2NO2S/c1-3-7(4-2)15-18-11-5-8(12(16)17)9(13)6-10(11)14/h5-7,15H,3-4H2,1-2H3,(H,16,17). The van der Waals surface area contributed by atoms with Crippen molar-refractivity contribution in [2.24, 2.45) is 0 Å². The molecule has 0 spiro atoms. The summed E-state index contributed by atoms with van der Waals surface area (Å²) in [6.07, 6.45) is 1.75. The highest BCUT2D eigenvalue weighted by atomic mass is 32.2. The van der Waals surface area contributed by atoms with Crippen LogP contribution in [0.5, 0.6) is 0 Å². The van der Waals surface area contributed by atoms with Gasteiger partial charge in [0.05, 0.1) is 10.5 Å². The fraction of sp³-hybridized carbons (Fsp3) is 0.417. The molecule has 3 nitrogen and oxygen atoms in total. The summed E-state index contributed by atoms with van der Waals surface area (Å²) in [7, 11) is 0. The largest absolute Gasteiger partial charge is 0.478 e. The first-order valence-electron chi connectivity index (χ1n) is 5.64. The monoisotopic (exact) mass is 275 g/mol. The zero-order valence-electron chi connectivity index (χ0n) is 10.2. The number of aromatic carboxylic acids is 1. The molecule has 0 aliphatic heterocycles. The van der Waals surface area contributed by atoms with E-state index in [1.54, 1.807) is 0 Å². The van der Waals surface area contributed by atoms with Crippen molar-refractivity contribution in [1.29, 1.82) is 0 Å². The summed E-state index contributed by atoms with van der Waals surface area (Å²) in [5, 5.41) is 8.76. The van der Waals surface area contributed by atoms with Crippen LogP contribution in [0.15, 0.2) is 17.0 Å². The van der Waals surface area contributed by atoms with Crippen LogP contribution < -0.4 is 4.72 Å². The van der Waals surface area contributed by atoms with Crippen molar-refractivity contribution in [3.05, 3.63) is 29.3 Å². The molecule has 0 saturated heterocycles. The molecule has 6 heteroatoms. The molecule has 0 aliphatic carbocycles. The van der Waals surface area contributed by atoms with E-state index in [1.807, 2.05) is 13.8 Å². The Morgan fingerprint density at radius 2 is 1.94 bits per heavy atom. The summed E-state index contributed by atoms with van der Waals surface area (Å²) in [4.78, 5) is 10.8. The molecule has 0 bridgehead atoms. The van der Waals surface area contributed by atoms with E-state index in [-0.39, 0.29) is 10.9 Å². The van der Waals surface area contributed by atoms with Crippen molar-refractivity contribution in [2.75, 3.05) is 0 Å². The third kappa shape index (κ3) is 3.68. The number of carboxylic acids is 1. The van der Waals surface area contributed by atoms with Gasteiger partial charge < -0.3 is 5.11 Å². The van der Waals surface area contributed by atoms with Gasteiger partial charge in [-0.15, -0.1) is 0 Å². The number of benzene rings is 1. The number of nitrogens with one attached hydrogen (secondary N) is 1. The molecule has 1 aromatic rings. The predicted octanol–water partition coefficient (Wildman–Crippen LogP) is 3.45. The molecule has 100 valence electrons. The minimum absolute atomic E-state index is 0.0840. The van der Waals surface area contributed by atoms with Crippen molar-refractivity contribution in [1.82, 2.24) is 4.72 Å². The van der Waals surface area contributed by atoms with Crippen LogP contribution in [0.25, 0.3) is 0 Å². The SMILES string of the molecule is CCC(CC)NSc1cc(C(=O)O)c(F)cc1F. The normalized spacial score (nSPS) is 10.9. The molecular formula is C12H15F2NO2S. The summed E-state index contributed by atoms with van der Waals surface area (Å²) in [5.74, 6) is -3.23. The Balaban J connectivity index is 2.88. The fourth-order valence-electron chi connectivity index (χ4n) is 1.37. The van der Waals surface area contributed by atoms with Crippen LogP contribution in [0, 0.1) is 11.6 Å². The highest BCUT2D eigenvalue weighted by Crippen LogP contribution is 2.24. The maximum absolute atomic E-state index is 13.5. The summed E-state index contributed by atoms with van der Waals surface area (Å²) >= 11 is 0.990. The van der Waals surface area contributed by atoms with E-state index in [1.165, 1.54) is 0 Å². The molecule has 18 heavy (non-hydrogen) atoms. The molecule has 0 saturated carbocycles. The van der Waals surface area contributed by atoms with Gasteiger partial charge in [0.15, 0.2) is 0 Å². The molecule has 1 rings (SSSR count). The smallest absolute Gasteiger partial charge is 0.338 e. The molecular weight excluding hydrogens is 260 g/mol. The molecule has 0 aromatic heterocycles. The Morgan fingerprint density at radius 3 is 2.44 bits per heavy atom. The lowest BCUT2D eigenvalue weighted by Crippen LogP contribution is -2.21. The van der Waals surface area contributed by atoms with Gasteiger partial charge in [0.2, 0.25) is 0 Å². The van der Waals surface area contributed by atoms with Gasteiger partial charge in [0, 0.05) is 12.1 Å². The highest BCUT2D eigenvalue weighted by Gasteiger charge is 2.16. The van der Waals surface area contributed by atoms with Crippen LogP contribution in [0.3, 0.4) is 0 Å². The Hall–Kier alpha value is -1.14. The molecule has 0 unspecified atom stereocenters. The van der Waals surface area contributed by atoms with Gasteiger partial charge in [-0.25, -0.2) is 13.6 Å². The Bertz CT molecular complexity index is 436. The van der Waals surface area contributed by atoms with E-state index in [9.17, 15) is 13.6 Å².